The van der Waals surface area contributed by atoms with E-state index in [4.69, 9.17) is 10.5 Å². The van der Waals surface area contributed by atoms with E-state index >= 15 is 0 Å². The quantitative estimate of drug-likeness (QED) is 0.784. The topological polar surface area (TPSA) is 74.4 Å². The molecule has 0 saturated heterocycles. The van der Waals surface area contributed by atoms with Gasteiger partial charge >= 0.3 is 5.97 Å². The van der Waals surface area contributed by atoms with Gasteiger partial charge < -0.3 is 15.2 Å². The van der Waals surface area contributed by atoms with Gasteiger partial charge in [-0.3, -0.25) is 0 Å². The zero-order chi connectivity index (χ0) is 12.9. The molecule has 0 spiro atoms. The monoisotopic (exact) mass is 238 g/mol. The van der Waals surface area contributed by atoms with Gasteiger partial charge in [0, 0.05) is 17.8 Å². The van der Waals surface area contributed by atoms with Gasteiger partial charge in [0.15, 0.2) is 0 Å². The zero-order valence-electron chi connectivity index (χ0n) is 10.4. The Balaban J connectivity index is 2.70. The smallest absolute Gasteiger partial charge is 0.338 e. The first-order valence-corrected chi connectivity index (χ1v) is 5.44. The third-order valence-corrected chi connectivity index (χ3v) is 2.51. The van der Waals surface area contributed by atoms with Gasteiger partial charge in [0.2, 0.25) is 5.88 Å². The largest absolute Gasteiger partial charge is 0.476 e. The van der Waals surface area contributed by atoms with E-state index in [1.807, 2.05) is 13.8 Å². The van der Waals surface area contributed by atoms with E-state index in [-0.39, 0.29) is 0 Å². The van der Waals surface area contributed by atoms with Crippen molar-refractivity contribution in [3.8, 4) is 5.88 Å². The fourth-order valence-corrected chi connectivity index (χ4v) is 1.07. The maximum atomic E-state index is 11.3. The lowest BCUT2D eigenvalue weighted by Gasteiger charge is -2.22. The van der Waals surface area contributed by atoms with Gasteiger partial charge in [-0.1, -0.05) is 6.92 Å². The number of hydrogen-bond donors (Lipinski definition) is 1. The van der Waals surface area contributed by atoms with E-state index in [2.05, 4.69) is 9.72 Å². The highest BCUT2D eigenvalue weighted by molar-refractivity contribution is 5.89. The van der Waals surface area contributed by atoms with Crippen molar-refractivity contribution in [2.45, 2.75) is 25.8 Å². The number of carbonyl (C=O) groups is 1. The Morgan fingerprint density at radius 1 is 1.59 bits per heavy atom. The van der Waals surface area contributed by atoms with E-state index in [0.717, 1.165) is 6.42 Å². The number of rotatable bonds is 5. The number of nitrogens with two attached hydrogens (primary N) is 1. The van der Waals surface area contributed by atoms with Crippen LogP contribution in [0.2, 0.25) is 0 Å². The third-order valence-electron chi connectivity index (χ3n) is 2.51. The molecule has 1 aromatic rings. The first kappa shape index (κ1) is 13.4. The van der Waals surface area contributed by atoms with E-state index in [0.29, 0.717) is 18.1 Å². The molecule has 1 heterocycles. The molecule has 5 heteroatoms. The summed E-state index contributed by atoms with van der Waals surface area (Å²) in [4.78, 5) is 15.3. The molecule has 0 aromatic carbocycles. The van der Waals surface area contributed by atoms with Crippen LogP contribution in [0, 0.1) is 0 Å². The number of methoxy groups -OCH3 is 1. The third kappa shape index (κ3) is 4.03. The number of esters is 1. The van der Waals surface area contributed by atoms with Crippen molar-refractivity contribution < 1.29 is 14.3 Å². The molecule has 2 N–H and O–H groups in total. The lowest BCUT2D eigenvalue weighted by atomic mass is 10.0. The highest BCUT2D eigenvalue weighted by atomic mass is 16.5. The minimum atomic E-state index is -0.414. The molecule has 5 nitrogen and oxygen atoms in total. The fourth-order valence-electron chi connectivity index (χ4n) is 1.07. The second-order valence-corrected chi connectivity index (χ2v) is 4.17. The Labute approximate surface area is 101 Å². The van der Waals surface area contributed by atoms with Gasteiger partial charge in [0.05, 0.1) is 12.7 Å². The fraction of sp³-hybridized carbons (Fsp3) is 0.500. The normalized spacial score (nSPS) is 13.9. The predicted octanol–water partition coefficient (Wildman–Crippen LogP) is 1.37. The summed E-state index contributed by atoms with van der Waals surface area (Å²) in [5, 5.41) is 0. The first-order valence-electron chi connectivity index (χ1n) is 5.44. The minimum absolute atomic E-state index is 0.348. The second-order valence-electron chi connectivity index (χ2n) is 4.17. The van der Waals surface area contributed by atoms with Crippen LogP contribution in [0.3, 0.4) is 0 Å². The summed E-state index contributed by atoms with van der Waals surface area (Å²) < 4.78 is 10.1. The number of carbonyl (C=O) groups excluding carboxylic acids is 1. The van der Waals surface area contributed by atoms with Crippen molar-refractivity contribution in [3.05, 3.63) is 23.9 Å². The molecule has 17 heavy (non-hydrogen) atoms. The molecular formula is C12H18N2O3. The van der Waals surface area contributed by atoms with Crippen LogP contribution in [0.1, 0.15) is 30.6 Å². The Bertz CT molecular complexity index is 391. The Morgan fingerprint density at radius 2 is 2.29 bits per heavy atom. The van der Waals surface area contributed by atoms with Crippen molar-refractivity contribution >= 4 is 5.97 Å². The molecule has 1 unspecified atom stereocenters. The summed E-state index contributed by atoms with van der Waals surface area (Å²) >= 11 is 0. The summed E-state index contributed by atoms with van der Waals surface area (Å²) in [6.07, 6.45) is 2.30. The number of aromatic nitrogens is 1. The maximum absolute atomic E-state index is 11.3. The SMILES string of the molecule is CCC(C)(N)COc1cc(C(=O)OC)ccn1. The standard InChI is InChI=1S/C12H18N2O3/c1-4-12(2,13)8-17-10-7-9(5-6-14-10)11(15)16-3/h5-7H,4,8,13H2,1-3H3. The summed E-state index contributed by atoms with van der Waals surface area (Å²) in [5.74, 6) is -0.0405. The molecular weight excluding hydrogens is 220 g/mol. The molecule has 0 aliphatic carbocycles. The van der Waals surface area contributed by atoms with Crippen molar-refractivity contribution in [2.75, 3.05) is 13.7 Å². The van der Waals surface area contributed by atoms with Crippen LogP contribution in [-0.4, -0.2) is 30.2 Å². The predicted molar refractivity (Wildman–Crippen MR) is 64.0 cm³/mol. The van der Waals surface area contributed by atoms with E-state index in [9.17, 15) is 4.79 Å². The summed E-state index contributed by atoms with van der Waals surface area (Å²) in [7, 11) is 1.33. The van der Waals surface area contributed by atoms with Crippen molar-refractivity contribution in [3.63, 3.8) is 0 Å². The van der Waals surface area contributed by atoms with Crippen LogP contribution >= 0.6 is 0 Å². The summed E-state index contributed by atoms with van der Waals surface area (Å²) in [5.41, 5.74) is 5.95. The van der Waals surface area contributed by atoms with Gasteiger partial charge in [0.25, 0.3) is 0 Å². The van der Waals surface area contributed by atoms with E-state index in [1.165, 1.54) is 19.4 Å². The van der Waals surface area contributed by atoms with E-state index < -0.39 is 11.5 Å². The average molecular weight is 238 g/mol. The van der Waals surface area contributed by atoms with Gasteiger partial charge in [-0.2, -0.15) is 0 Å². The highest BCUT2D eigenvalue weighted by Gasteiger charge is 2.17. The number of ether oxygens (including phenoxy) is 2. The Kier molecular flexibility index (Phi) is 4.45. The lowest BCUT2D eigenvalue weighted by Crippen LogP contribution is -2.41. The highest BCUT2D eigenvalue weighted by Crippen LogP contribution is 2.13. The van der Waals surface area contributed by atoms with Crippen molar-refractivity contribution in [2.24, 2.45) is 5.73 Å². The first-order chi connectivity index (χ1) is 7.98. The number of nitrogens with zero attached hydrogens (tertiary/aromatic N) is 1. The van der Waals surface area contributed by atoms with Gasteiger partial charge in [-0.25, -0.2) is 9.78 Å². The summed E-state index contributed by atoms with van der Waals surface area (Å²) in [6, 6.07) is 3.11. The van der Waals surface area contributed by atoms with E-state index in [1.54, 1.807) is 6.07 Å². The number of hydrogen-bond acceptors (Lipinski definition) is 5. The molecule has 0 saturated carbocycles. The van der Waals surface area contributed by atoms with Crippen LogP contribution in [0.5, 0.6) is 5.88 Å². The molecule has 0 radical (unpaired) electrons. The molecule has 0 fully saturated rings. The van der Waals surface area contributed by atoms with Crippen LogP contribution in [0.15, 0.2) is 18.3 Å². The molecule has 0 amide bonds. The van der Waals surface area contributed by atoms with Gasteiger partial charge in [0.1, 0.15) is 6.61 Å². The minimum Gasteiger partial charge on any atom is -0.476 e. The molecule has 0 aliphatic heterocycles. The van der Waals surface area contributed by atoms with Crippen LogP contribution in [-0.2, 0) is 4.74 Å². The molecule has 94 valence electrons. The molecule has 0 aliphatic rings. The van der Waals surface area contributed by atoms with Gasteiger partial charge in [-0.05, 0) is 19.4 Å². The van der Waals surface area contributed by atoms with Gasteiger partial charge in [-0.15, -0.1) is 0 Å². The van der Waals surface area contributed by atoms with Crippen molar-refractivity contribution in [1.29, 1.82) is 0 Å². The number of pyridine rings is 1. The Hall–Kier alpha value is -1.62. The van der Waals surface area contributed by atoms with Crippen LogP contribution in [0.25, 0.3) is 0 Å². The van der Waals surface area contributed by atoms with Crippen LogP contribution in [0.4, 0.5) is 0 Å². The maximum Gasteiger partial charge on any atom is 0.338 e. The molecule has 1 atom stereocenters. The average Bonchev–Trinajstić information content (AvgIpc) is 2.36. The molecule has 1 rings (SSSR count). The molecule has 0 bridgehead atoms. The second kappa shape index (κ2) is 5.63. The van der Waals surface area contributed by atoms with Crippen molar-refractivity contribution in [1.82, 2.24) is 4.98 Å². The summed E-state index contributed by atoms with van der Waals surface area (Å²) in [6.45, 7) is 4.24. The molecule has 1 aromatic heterocycles. The zero-order valence-corrected chi connectivity index (χ0v) is 10.4. The van der Waals surface area contributed by atoms with Crippen LogP contribution < -0.4 is 10.5 Å². The Morgan fingerprint density at radius 3 is 2.88 bits per heavy atom. The lowest BCUT2D eigenvalue weighted by molar-refractivity contribution is 0.0600.